The molecule has 1 saturated heterocycles. The van der Waals surface area contributed by atoms with Crippen molar-refractivity contribution in [2.75, 3.05) is 13.1 Å². The van der Waals surface area contributed by atoms with E-state index in [2.05, 4.69) is 4.98 Å². The van der Waals surface area contributed by atoms with Gasteiger partial charge in [-0.1, -0.05) is 0 Å². The lowest BCUT2D eigenvalue weighted by Gasteiger charge is -2.22. The Balaban J connectivity index is 2.10. The maximum Gasteiger partial charge on any atom is 0.253 e. The lowest BCUT2D eigenvalue weighted by atomic mass is 9.98. The number of aliphatic hydroxyl groups is 1. The number of nitrogens with zero attached hydrogens (tertiary/aromatic N) is 2. The van der Waals surface area contributed by atoms with Crippen LogP contribution in [-0.2, 0) is 6.54 Å². The third-order valence-electron chi connectivity index (χ3n) is 3.62. The standard InChI is InChI=1S/C14H21N3O2/c1-14(19)4-2-7-17(8-5-14)13(18)11-3-6-16-12(9-11)10-15/h3,6,9,19H,2,4-5,7-8,10,15H2,1H3. The van der Waals surface area contributed by atoms with Crippen LogP contribution in [0.25, 0.3) is 0 Å². The highest BCUT2D eigenvalue weighted by molar-refractivity contribution is 5.94. The maximum absolute atomic E-state index is 12.4. The molecule has 0 radical (unpaired) electrons. The van der Waals surface area contributed by atoms with Gasteiger partial charge in [-0.15, -0.1) is 0 Å². The first kappa shape index (κ1) is 14.0. The highest BCUT2D eigenvalue weighted by Gasteiger charge is 2.27. The van der Waals surface area contributed by atoms with Crippen LogP contribution in [0.1, 0.15) is 42.2 Å². The molecule has 1 aromatic heterocycles. The Kier molecular flexibility index (Phi) is 4.17. The van der Waals surface area contributed by atoms with Crippen molar-refractivity contribution in [1.29, 1.82) is 0 Å². The van der Waals surface area contributed by atoms with E-state index in [0.29, 0.717) is 37.3 Å². The smallest absolute Gasteiger partial charge is 0.253 e. The summed E-state index contributed by atoms with van der Waals surface area (Å²) in [7, 11) is 0. The van der Waals surface area contributed by atoms with Crippen LogP contribution in [0.4, 0.5) is 0 Å². The molecule has 2 heterocycles. The first-order valence-corrected chi connectivity index (χ1v) is 6.68. The van der Waals surface area contributed by atoms with Gasteiger partial charge in [0, 0.05) is 31.4 Å². The van der Waals surface area contributed by atoms with Crippen LogP contribution in [0.2, 0.25) is 0 Å². The van der Waals surface area contributed by atoms with Crippen molar-refractivity contribution in [3.63, 3.8) is 0 Å². The van der Waals surface area contributed by atoms with Crippen molar-refractivity contribution in [2.24, 2.45) is 5.73 Å². The molecular formula is C14H21N3O2. The Morgan fingerprint density at radius 3 is 3.05 bits per heavy atom. The molecule has 1 atom stereocenters. The summed E-state index contributed by atoms with van der Waals surface area (Å²) in [6.45, 7) is 3.44. The van der Waals surface area contributed by atoms with Gasteiger partial charge in [0.15, 0.2) is 0 Å². The van der Waals surface area contributed by atoms with Crippen molar-refractivity contribution in [2.45, 2.75) is 38.3 Å². The van der Waals surface area contributed by atoms with E-state index in [1.165, 1.54) is 0 Å². The van der Waals surface area contributed by atoms with Gasteiger partial charge in [-0.05, 0) is 38.3 Å². The topological polar surface area (TPSA) is 79.5 Å². The van der Waals surface area contributed by atoms with Crippen LogP contribution >= 0.6 is 0 Å². The number of carbonyl (C=O) groups excluding carboxylic acids is 1. The maximum atomic E-state index is 12.4. The monoisotopic (exact) mass is 263 g/mol. The van der Waals surface area contributed by atoms with Gasteiger partial charge in [-0.3, -0.25) is 9.78 Å². The van der Waals surface area contributed by atoms with Crippen molar-refractivity contribution in [3.8, 4) is 0 Å². The molecule has 1 aromatic rings. The highest BCUT2D eigenvalue weighted by atomic mass is 16.3. The summed E-state index contributed by atoms with van der Waals surface area (Å²) >= 11 is 0. The number of aromatic nitrogens is 1. The van der Waals surface area contributed by atoms with Crippen LogP contribution in [0, 0.1) is 0 Å². The number of carbonyl (C=O) groups is 1. The lowest BCUT2D eigenvalue weighted by Crippen LogP contribution is -2.33. The Bertz CT molecular complexity index is 460. The lowest BCUT2D eigenvalue weighted by molar-refractivity contribution is 0.0438. The van der Waals surface area contributed by atoms with Gasteiger partial charge in [0.05, 0.1) is 11.3 Å². The second-order valence-electron chi connectivity index (χ2n) is 5.38. The van der Waals surface area contributed by atoms with Crippen molar-refractivity contribution in [3.05, 3.63) is 29.6 Å². The van der Waals surface area contributed by atoms with Crippen LogP contribution in [0.15, 0.2) is 18.3 Å². The molecule has 0 aliphatic carbocycles. The Hall–Kier alpha value is -1.46. The van der Waals surface area contributed by atoms with Crippen molar-refractivity contribution < 1.29 is 9.90 Å². The molecule has 3 N–H and O–H groups in total. The molecule has 5 heteroatoms. The number of rotatable bonds is 2. The first-order chi connectivity index (χ1) is 9.02. The van der Waals surface area contributed by atoms with Gasteiger partial charge in [-0.25, -0.2) is 0 Å². The number of amides is 1. The minimum Gasteiger partial charge on any atom is -0.390 e. The Morgan fingerprint density at radius 2 is 2.32 bits per heavy atom. The van der Waals surface area contributed by atoms with Crippen LogP contribution in [0.5, 0.6) is 0 Å². The van der Waals surface area contributed by atoms with E-state index in [1.807, 2.05) is 6.92 Å². The predicted molar refractivity (Wildman–Crippen MR) is 72.5 cm³/mol. The average Bonchev–Trinajstić information content (AvgIpc) is 2.59. The van der Waals surface area contributed by atoms with Gasteiger partial charge < -0.3 is 15.7 Å². The van der Waals surface area contributed by atoms with Crippen LogP contribution in [-0.4, -0.2) is 39.6 Å². The number of pyridine rings is 1. The zero-order chi connectivity index (χ0) is 13.9. The van der Waals surface area contributed by atoms with Gasteiger partial charge in [-0.2, -0.15) is 0 Å². The summed E-state index contributed by atoms with van der Waals surface area (Å²) in [5.74, 6) is -0.00481. The van der Waals surface area contributed by atoms with E-state index in [1.54, 1.807) is 23.2 Å². The Labute approximate surface area is 113 Å². The van der Waals surface area contributed by atoms with E-state index in [9.17, 15) is 9.90 Å². The molecule has 1 unspecified atom stereocenters. The van der Waals surface area contributed by atoms with E-state index in [0.717, 1.165) is 12.8 Å². The van der Waals surface area contributed by atoms with E-state index >= 15 is 0 Å². The molecule has 104 valence electrons. The SMILES string of the molecule is CC1(O)CCCN(C(=O)c2ccnc(CN)c2)CC1. The quantitative estimate of drug-likeness (QED) is 0.831. The molecule has 2 rings (SSSR count). The number of hydrogen-bond donors (Lipinski definition) is 2. The molecule has 0 aromatic carbocycles. The summed E-state index contributed by atoms with van der Waals surface area (Å²) in [6.07, 6.45) is 3.80. The fourth-order valence-electron chi connectivity index (χ4n) is 2.37. The minimum absolute atomic E-state index is 0.00481. The predicted octanol–water partition coefficient (Wildman–Crippen LogP) is 0.917. The normalized spacial score (nSPS) is 24.1. The van der Waals surface area contributed by atoms with Crippen LogP contribution in [0.3, 0.4) is 0 Å². The first-order valence-electron chi connectivity index (χ1n) is 6.68. The van der Waals surface area contributed by atoms with Crippen molar-refractivity contribution in [1.82, 2.24) is 9.88 Å². The second-order valence-corrected chi connectivity index (χ2v) is 5.38. The summed E-state index contributed by atoms with van der Waals surface area (Å²) in [5, 5.41) is 10.0. The molecule has 5 nitrogen and oxygen atoms in total. The average molecular weight is 263 g/mol. The zero-order valence-corrected chi connectivity index (χ0v) is 11.3. The summed E-state index contributed by atoms with van der Waals surface area (Å²) in [4.78, 5) is 18.3. The van der Waals surface area contributed by atoms with Gasteiger partial charge >= 0.3 is 0 Å². The summed E-state index contributed by atoms with van der Waals surface area (Å²) in [6, 6.07) is 3.45. The van der Waals surface area contributed by atoms with E-state index in [-0.39, 0.29) is 5.91 Å². The van der Waals surface area contributed by atoms with Crippen LogP contribution < -0.4 is 5.73 Å². The molecular weight excluding hydrogens is 242 g/mol. The zero-order valence-electron chi connectivity index (χ0n) is 11.3. The number of hydrogen-bond acceptors (Lipinski definition) is 4. The van der Waals surface area contributed by atoms with E-state index < -0.39 is 5.60 Å². The summed E-state index contributed by atoms with van der Waals surface area (Å²) < 4.78 is 0. The molecule has 19 heavy (non-hydrogen) atoms. The molecule has 0 spiro atoms. The Morgan fingerprint density at radius 1 is 1.53 bits per heavy atom. The van der Waals surface area contributed by atoms with Gasteiger partial charge in [0.1, 0.15) is 0 Å². The number of nitrogens with two attached hydrogens (primary N) is 1. The van der Waals surface area contributed by atoms with Crippen molar-refractivity contribution >= 4 is 5.91 Å². The van der Waals surface area contributed by atoms with Gasteiger partial charge in [0.25, 0.3) is 5.91 Å². The molecule has 0 saturated carbocycles. The molecule has 1 aliphatic rings. The largest absolute Gasteiger partial charge is 0.390 e. The molecule has 0 bridgehead atoms. The third-order valence-corrected chi connectivity index (χ3v) is 3.62. The fraction of sp³-hybridized carbons (Fsp3) is 0.571. The minimum atomic E-state index is -0.657. The number of likely N-dealkylation sites (tertiary alicyclic amines) is 1. The molecule has 1 aliphatic heterocycles. The summed E-state index contributed by atoms with van der Waals surface area (Å²) in [5.41, 5.74) is 6.22. The molecule has 1 fully saturated rings. The third kappa shape index (κ3) is 3.52. The van der Waals surface area contributed by atoms with Gasteiger partial charge in [0.2, 0.25) is 0 Å². The molecule has 1 amide bonds. The fourth-order valence-corrected chi connectivity index (χ4v) is 2.37. The second kappa shape index (κ2) is 5.67. The van der Waals surface area contributed by atoms with E-state index in [4.69, 9.17) is 5.73 Å². The highest BCUT2D eigenvalue weighted by Crippen LogP contribution is 2.22.